The maximum atomic E-state index is 8.06. The molecule has 3 N–H and O–H groups in total. The summed E-state index contributed by atoms with van der Waals surface area (Å²) in [4.78, 5) is 0. The SMILES string of the molecule is CCCNCCN.[O+]#[Si-]. The van der Waals surface area contributed by atoms with E-state index in [1.807, 2.05) is 0 Å². The fourth-order valence-electron chi connectivity index (χ4n) is 0.404. The van der Waals surface area contributed by atoms with E-state index in [0.717, 1.165) is 19.6 Å². The van der Waals surface area contributed by atoms with E-state index >= 15 is 0 Å². The Bertz CT molecular complexity index is 54.2. The molecule has 9 heavy (non-hydrogen) atoms. The molecule has 0 aromatic rings. The minimum absolute atomic E-state index is 0.750. The van der Waals surface area contributed by atoms with Crippen LogP contribution in [0.2, 0.25) is 0 Å². The summed E-state index contributed by atoms with van der Waals surface area (Å²) in [6, 6.07) is 0. The van der Waals surface area contributed by atoms with Gasteiger partial charge in [-0.15, -0.1) is 0 Å². The Morgan fingerprint density at radius 3 is 2.33 bits per heavy atom. The fourth-order valence-corrected chi connectivity index (χ4v) is 0.404. The van der Waals surface area contributed by atoms with Gasteiger partial charge in [-0.3, -0.25) is 0 Å². The van der Waals surface area contributed by atoms with Gasteiger partial charge in [0.15, 0.2) is 0 Å². The molecule has 0 aromatic heterocycles. The summed E-state index contributed by atoms with van der Waals surface area (Å²) in [7, 11) is 1.72. The van der Waals surface area contributed by atoms with Crippen LogP contribution in [0.25, 0.3) is 0 Å². The molecule has 4 heteroatoms. The Labute approximate surface area is 59.2 Å². The summed E-state index contributed by atoms with van der Waals surface area (Å²) in [6.07, 6.45) is 1.19. The zero-order chi connectivity index (χ0) is 7.54. The van der Waals surface area contributed by atoms with E-state index in [2.05, 4.69) is 12.2 Å². The number of nitrogens with two attached hydrogens (primary N) is 1. The van der Waals surface area contributed by atoms with E-state index in [4.69, 9.17) is 10.0 Å². The molecule has 0 amide bonds. The van der Waals surface area contributed by atoms with Crippen molar-refractivity contribution >= 4 is 9.98 Å². The van der Waals surface area contributed by atoms with Crippen LogP contribution in [0, 0.1) is 0 Å². The summed E-state index contributed by atoms with van der Waals surface area (Å²) < 4.78 is 8.06. The second-order valence-electron chi connectivity index (χ2n) is 1.54. The number of rotatable bonds is 4. The van der Waals surface area contributed by atoms with Crippen LogP contribution < -0.4 is 11.1 Å². The van der Waals surface area contributed by atoms with Crippen LogP contribution in [0.3, 0.4) is 0 Å². The Hall–Kier alpha value is 0.0969. The van der Waals surface area contributed by atoms with Gasteiger partial charge in [-0.2, -0.15) is 0 Å². The molecule has 54 valence electrons. The van der Waals surface area contributed by atoms with Gasteiger partial charge in [0.1, 0.15) is 0 Å². The van der Waals surface area contributed by atoms with E-state index in [9.17, 15) is 0 Å². The van der Waals surface area contributed by atoms with Gasteiger partial charge in [-0.05, 0) is 13.0 Å². The van der Waals surface area contributed by atoms with Crippen molar-refractivity contribution in [2.75, 3.05) is 19.6 Å². The predicted molar refractivity (Wildman–Crippen MR) is 38.7 cm³/mol. The molecule has 0 heterocycles. The maximum absolute atomic E-state index is 8.06. The predicted octanol–water partition coefficient (Wildman–Crippen LogP) is -0.555. The van der Waals surface area contributed by atoms with Gasteiger partial charge in [-0.25, -0.2) is 0 Å². The first-order chi connectivity index (χ1) is 4.41. The van der Waals surface area contributed by atoms with Crippen molar-refractivity contribution in [2.24, 2.45) is 5.73 Å². The fraction of sp³-hybridized carbons (Fsp3) is 1.00. The molecule has 0 radical (unpaired) electrons. The molecule has 0 bridgehead atoms. The van der Waals surface area contributed by atoms with Crippen LogP contribution >= 0.6 is 0 Å². The van der Waals surface area contributed by atoms with E-state index in [1.165, 1.54) is 6.42 Å². The Morgan fingerprint density at radius 2 is 2.00 bits per heavy atom. The topological polar surface area (TPSA) is 57.9 Å². The monoisotopic (exact) mass is 146 g/mol. The molecule has 0 fully saturated rings. The van der Waals surface area contributed by atoms with E-state index < -0.39 is 0 Å². The van der Waals surface area contributed by atoms with E-state index in [0.29, 0.717) is 0 Å². The molecule has 0 saturated heterocycles. The molecule has 3 nitrogen and oxygen atoms in total. The standard InChI is InChI=1S/C5H14N2.OSi/c1-2-4-7-5-3-6;1-2/h7H,2-6H2,1H3;. The van der Waals surface area contributed by atoms with E-state index in [-0.39, 0.29) is 0 Å². The Balaban J connectivity index is 0. The molecule has 0 unspecified atom stereocenters. The van der Waals surface area contributed by atoms with Crippen molar-refractivity contribution in [1.82, 2.24) is 5.32 Å². The zero-order valence-electron chi connectivity index (χ0n) is 5.81. The molecule has 0 atom stereocenters. The minimum atomic E-state index is 0.750. The molecule has 0 aromatic carbocycles. The van der Waals surface area contributed by atoms with Crippen LogP contribution in [-0.2, 0) is 4.30 Å². The van der Waals surface area contributed by atoms with Crippen molar-refractivity contribution in [3.8, 4) is 0 Å². The van der Waals surface area contributed by atoms with Crippen molar-refractivity contribution in [3.05, 3.63) is 0 Å². The quantitative estimate of drug-likeness (QED) is 0.317. The third-order valence-corrected chi connectivity index (χ3v) is 0.748. The van der Waals surface area contributed by atoms with Gasteiger partial charge < -0.3 is 11.1 Å². The van der Waals surface area contributed by atoms with Crippen molar-refractivity contribution < 1.29 is 4.30 Å². The van der Waals surface area contributed by atoms with Crippen molar-refractivity contribution in [3.63, 3.8) is 0 Å². The molecular weight excluding hydrogens is 132 g/mol. The van der Waals surface area contributed by atoms with Gasteiger partial charge in [0.25, 0.3) is 0 Å². The third-order valence-electron chi connectivity index (χ3n) is 0.748. The van der Waals surface area contributed by atoms with Crippen LogP contribution in [-0.4, -0.2) is 29.6 Å². The molecule has 0 spiro atoms. The first-order valence-corrected chi connectivity index (χ1v) is 3.43. The molecular formula is C5H14N2OSi. The van der Waals surface area contributed by atoms with Crippen molar-refractivity contribution in [1.29, 1.82) is 0 Å². The van der Waals surface area contributed by atoms with Crippen molar-refractivity contribution in [2.45, 2.75) is 13.3 Å². The second kappa shape index (κ2) is 15.7. The Morgan fingerprint density at radius 1 is 1.44 bits per heavy atom. The molecule has 0 aliphatic heterocycles. The summed E-state index contributed by atoms with van der Waals surface area (Å²) >= 11 is 0. The average molecular weight is 146 g/mol. The Kier molecular flexibility index (Phi) is 20.7. The van der Waals surface area contributed by atoms with Gasteiger partial charge >= 0.3 is 14.3 Å². The van der Waals surface area contributed by atoms with Crippen LogP contribution in [0.15, 0.2) is 0 Å². The first-order valence-electron chi connectivity index (χ1n) is 3.03. The average Bonchev–Trinajstić information content (AvgIpc) is 1.94. The summed E-state index contributed by atoms with van der Waals surface area (Å²) in [5.74, 6) is 0. The van der Waals surface area contributed by atoms with Gasteiger partial charge in [0, 0.05) is 13.1 Å². The zero-order valence-corrected chi connectivity index (χ0v) is 6.81. The summed E-state index contributed by atoms with van der Waals surface area (Å²) in [5.41, 5.74) is 5.21. The molecule has 0 rings (SSSR count). The molecule has 0 aliphatic carbocycles. The van der Waals surface area contributed by atoms with Crippen LogP contribution in [0.5, 0.6) is 0 Å². The van der Waals surface area contributed by atoms with Gasteiger partial charge in [-0.1, -0.05) is 6.92 Å². The van der Waals surface area contributed by atoms with Crippen LogP contribution in [0.4, 0.5) is 0 Å². The third kappa shape index (κ3) is 17.9. The van der Waals surface area contributed by atoms with Crippen LogP contribution in [0.1, 0.15) is 13.3 Å². The first kappa shape index (κ1) is 11.8. The molecule has 0 saturated carbocycles. The van der Waals surface area contributed by atoms with Gasteiger partial charge in [0.05, 0.1) is 0 Å². The number of hydrogen-bond donors (Lipinski definition) is 2. The van der Waals surface area contributed by atoms with E-state index in [1.54, 1.807) is 9.98 Å². The van der Waals surface area contributed by atoms with Gasteiger partial charge in [0.2, 0.25) is 0 Å². The second-order valence-corrected chi connectivity index (χ2v) is 1.54. The number of hydrogen-bond acceptors (Lipinski definition) is 2. The normalized spacial score (nSPS) is 7.56. The summed E-state index contributed by atoms with van der Waals surface area (Å²) in [5, 5.41) is 3.16. The number of nitrogens with one attached hydrogen (secondary N) is 1. The molecule has 0 aliphatic rings. The summed E-state index contributed by atoms with van der Waals surface area (Å²) in [6.45, 7) is 4.94.